The molecule has 21 heavy (non-hydrogen) atoms. The fourth-order valence-corrected chi connectivity index (χ4v) is 3.48. The van der Waals surface area contributed by atoms with Crippen LogP contribution >= 0.6 is 0 Å². The summed E-state index contributed by atoms with van der Waals surface area (Å²) < 4.78 is 0. The van der Waals surface area contributed by atoms with E-state index in [1.54, 1.807) is 0 Å². The average molecular weight is 291 g/mol. The molecule has 0 spiro atoms. The standard InChI is InChI=1S/C15H25N5O/c1-2-12-13(16)14(18-17-12)15(21)20-9-6-11(10-20)19-7-4-3-5-8-19/h11H,2-10,16H2,1H3,(H,17,18). The Bertz CT molecular complexity index is 506. The number of likely N-dealkylation sites (tertiary alicyclic amines) is 2. The molecule has 0 bridgehead atoms. The number of nitrogens with one attached hydrogen (secondary N) is 1. The Kier molecular flexibility index (Phi) is 4.14. The number of amides is 1. The molecule has 2 aliphatic rings. The number of aromatic amines is 1. The minimum absolute atomic E-state index is 0.0250. The Morgan fingerprint density at radius 3 is 2.76 bits per heavy atom. The van der Waals surface area contributed by atoms with Crippen LogP contribution in [0.15, 0.2) is 0 Å². The van der Waals surface area contributed by atoms with Crippen LogP contribution in [0.25, 0.3) is 0 Å². The first-order valence-electron chi connectivity index (χ1n) is 8.06. The van der Waals surface area contributed by atoms with E-state index in [1.165, 1.54) is 32.4 Å². The molecule has 1 aromatic heterocycles. The number of nitrogens with zero attached hydrogens (tertiary/aromatic N) is 3. The normalized spacial score (nSPS) is 23.7. The van der Waals surface area contributed by atoms with E-state index in [9.17, 15) is 4.79 Å². The fraction of sp³-hybridized carbons (Fsp3) is 0.733. The maximum atomic E-state index is 12.6. The summed E-state index contributed by atoms with van der Waals surface area (Å²) in [5.41, 5.74) is 7.77. The van der Waals surface area contributed by atoms with Gasteiger partial charge >= 0.3 is 0 Å². The Balaban J connectivity index is 1.65. The van der Waals surface area contributed by atoms with Crippen molar-refractivity contribution in [2.24, 2.45) is 0 Å². The molecule has 3 heterocycles. The van der Waals surface area contributed by atoms with Crippen molar-refractivity contribution < 1.29 is 4.79 Å². The number of piperidine rings is 1. The van der Waals surface area contributed by atoms with Gasteiger partial charge < -0.3 is 10.6 Å². The summed E-state index contributed by atoms with van der Waals surface area (Å²) >= 11 is 0. The number of nitrogens with two attached hydrogens (primary N) is 1. The molecular weight excluding hydrogens is 266 g/mol. The molecule has 0 saturated carbocycles. The third-order valence-corrected chi connectivity index (χ3v) is 4.80. The molecule has 3 rings (SSSR count). The van der Waals surface area contributed by atoms with Crippen molar-refractivity contribution in [1.82, 2.24) is 20.0 Å². The highest BCUT2D eigenvalue weighted by Gasteiger charge is 2.33. The highest BCUT2D eigenvalue weighted by molar-refractivity contribution is 5.97. The van der Waals surface area contributed by atoms with Crippen molar-refractivity contribution >= 4 is 11.6 Å². The molecule has 116 valence electrons. The lowest BCUT2D eigenvalue weighted by atomic mass is 10.1. The minimum Gasteiger partial charge on any atom is -0.395 e. The molecule has 2 fully saturated rings. The van der Waals surface area contributed by atoms with Gasteiger partial charge in [0.25, 0.3) is 5.91 Å². The predicted octanol–water partition coefficient (Wildman–Crippen LogP) is 1.25. The van der Waals surface area contributed by atoms with Crippen molar-refractivity contribution in [2.45, 2.75) is 45.1 Å². The van der Waals surface area contributed by atoms with Gasteiger partial charge in [-0.2, -0.15) is 5.10 Å². The lowest BCUT2D eigenvalue weighted by molar-refractivity contribution is 0.0767. The fourth-order valence-electron chi connectivity index (χ4n) is 3.48. The van der Waals surface area contributed by atoms with E-state index < -0.39 is 0 Å². The van der Waals surface area contributed by atoms with Gasteiger partial charge in [0.1, 0.15) is 0 Å². The summed E-state index contributed by atoms with van der Waals surface area (Å²) in [5, 5.41) is 6.98. The van der Waals surface area contributed by atoms with Crippen LogP contribution in [0.1, 0.15) is 48.8 Å². The lowest BCUT2D eigenvalue weighted by Crippen LogP contribution is -2.41. The highest BCUT2D eigenvalue weighted by Crippen LogP contribution is 2.23. The molecule has 3 N–H and O–H groups in total. The summed E-state index contributed by atoms with van der Waals surface area (Å²) in [6, 6.07) is 0.514. The van der Waals surface area contributed by atoms with Crippen molar-refractivity contribution in [3.8, 4) is 0 Å². The van der Waals surface area contributed by atoms with Crippen LogP contribution in [0, 0.1) is 0 Å². The molecule has 0 radical (unpaired) electrons. The van der Waals surface area contributed by atoms with E-state index in [-0.39, 0.29) is 5.91 Å². The zero-order valence-corrected chi connectivity index (χ0v) is 12.8. The van der Waals surface area contributed by atoms with E-state index in [1.807, 2.05) is 11.8 Å². The molecule has 6 nitrogen and oxygen atoms in total. The maximum absolute atomic E-state index is 12.6. The third kappa shape index (κ3) is 2.77. The van der Waals surface area contributed by atoms with Crippen molar-refractivity contribution in [3.05, 3.63) is 11.4 Å². The van der Waals surface area contributed by atoms with Crippen LogP contribution in [0.5, 0.6) is 0 Å². The van der Waals surface area contributed by atoms with Crippen molar-refractivity contribution in [1.29, 1.82) is 0 Å². The number of anilines is 1. The SMILES string of the molecule is CCc1[nH]nc(C(=O)N2CCC(N3CCCCC3)C2)c1N. The molecule has 2 saturated heterocycles. The van der Waals surface area contributed by atoms with E-state index in [0.29, 0.717) is 17.4 Å². The second-order valence-corrected chi connectivity index (χ2v) is 6.11. The Morgan fingerprint density at radius 1 is 1.33 bits per heavy atom. The molecule has 1 unspecified atom stereocenters. The van der Waals surface area contributed by atoms with Gasteiger partial charge in [0.2, 0.25) is 0 Å². The molecule has 1 atom stereocenters. The second kappa shape index (κ2) is 6.05. The van der Waals surface area contributed by atoms with Crippen LogP contribution in [0.3, 0.4) is 0 Å². The first-order valence-corrected chi connectivity index (χ1v) is 8.06. The van der Waals surface area contributed by atoms with Gasteiger partial charge in [0.05, 0.1) is 11.4 Å². The van der Waals surface area contributed by atoms with Gasteiger partial charge in [0, 0.05) is 19.1 Å². The molecular formula is C15H25N5O. The Morgan fingerprint density at radius 2 is 2.10 bits per heavy atom. The van der Waals surface area contributed by atoms with Gasteiger partial charge in [-0.1, -0.05) is 13.3 Å². The quantitative estimate of drug-likeness (QED) is 0.878. The van der Waals surface area contributed by atoms with E-state index in [2.05, 4.69) is 15.1 Å². The van der Waals surface area contributed by atoms with Gasteiger partial charge in [-0.05, 0) is 38.8 Å². The smallest absolute Gasteiger partial charge is 0.276 e. The zero-order chi connectivity index (χ0) is 14.8. The van der Waals surface area contributed by atoms with Crippen LogP contribution in [-0.4, -0.2) is 58.1 Å². The summed E-state index contributed by atoms with van der Waals surface area (Å²) in [6.07, 6.45) is 5.75. The predicted molar refractivity (Wildman–Crippen MR) is 82.1 cm³/mol. The number of nitrogen functional groups attached to an aromatic ring is 1. The number of rotatable bonds is 3. The number of aromatic nitrogens is 2. The van der Waals surface area contributed by atoms with Crippen molar-refractivity contribution in [3.63, 3.8) is 0 Å². The summed E-state index contributed by atoms with van der Waals surface area (Å²) in [7, 11) is 0. The number of hydrogen-bond donors (Lipinski definition) is 2. The third-order valence-electron chi connectivity index (χ3n) is 4.80. The minimum atomic E-state index is -0.0250. The second-order valence-electron chi connectivity index (χ2n) is 6.11. The maximum Gasteiger partial charge on any atom is 0.276 e. The topological polar surface area (TPSA) is 78.2 Å². The van der Waals surface area contributed by atoms with Crippen LogP contribution in [-0.2, 0) is 6.42 Å². The van der Waals surface area contributed by atoms with Gasteiger partial charge in [-0.15, -0.1) is 0 Å². The highest BCUT2D eigenvalue weighted by atomic mass is 16.2. The zero-order valence-electron chi connectivity index (χ0n) is 12.8. The molecule has 6 heteroatoms. The number of aryl methyl sites for hydroxylation is 1. The van der Waals surface area contributed by atoms with Crippen molar-refractivity contribution in [2.75, 3.05) is 31.9 Å². The van der Waals surface area contributed by atoms with Crippen LogP contribution in [0.4, 0.5) is 5.69 Å². The molecule has 1 amide bonds. The van der Waals surface area contributed by atoms with E-state index in [0.717, 1.165) is 31.6 Å². The molecule has 2 aliphatic heterocycles. The summed E-state index contributed by atoms with van der Waals surface area (Å²) in [5.74, 6) is -0.0250. The van der Waals surface area contributed by atoms with Gasteiger partial charge in [-0.25, -0.2) is 0 Å². The first kappa shape index (κ1) is 14.4. The van der Waals surface area contributed by atoms with Crippen LogP contribution < -0.4 is 5.73 Å². The molecule has 1 aromatic rings. The summed E-state index contributed by atoms with van der Waals surface area (Å²) in [6.45, 7) is 5.98. The van der Waals surface area contributed by atoms with Crippen LogP contribution in [0.2, 0.25) is 0 Å². The number of H-pyrrole nitrogens is 1. The van der Waals surface area contributed by atoms with Gasteiger partial charge in [0.15, 0.2) is 5.69 Å². The average Bonchev–Trinajstić information content (AvgIpc) is 3.14. The molecule has 0 aromatic carbocycles. The largest absolute Gasteiger partial charge is 0.395 e. The number of hydrogen-bond acceptors (Lipinski definition) is 4. The Labute approximate surface area is 125 Å². The summed E-state index contributed by atoms with van der Waals surface area (Å²) in [4.78, 5) is 17.0. The van der Waals surface area contributed by atoms with E-state index >= 15 is 0 Å². The van der Waals surface area contributed by atoms with Gasteiger partial charge in [-0.3, -0.25) is 14.8 Å². The van der Waals surface area contributed by atoms with E-state index in [4.69, 9.17) is 5.73 Å². The Hall–Kier alpha value is -1.56. The number of carbonyl (C=O) groups is 1. The lowest BCUT2D eigenvalue weighted by Gasteiger charge is -2.32. The molecule has 0 aliphatic carbocycles. The first-order chi connectivity index (χ1) is 10.2. The monoisotopic (exact) mass is 291 g/mol. The number of carbonyl (C=O) groups excluding carboxylic acids is 1.